The fourth-order valence-electron chi connectivity index (χ4n) is 2.01. The third-order valence-electron chi connectivity index (χ3n) is 2.97. The van der Waals surface area contributed by atoms with Crippen LogP contribution in [0.3, 0.4) is 0 Å². The van der Waals surface area contributed by atoms with E-state index in [0.29, 0.717) is 12.8 Å². The van der Waals surface area contributed by atoms with Crippen LogP contribution < -0.4 is 9.64 Å². The maximum Gasteiger partial charge on any atom is 0.339 e. The molecule has 0 bridgehead atoms. The molecule has 1 heterocycles. The first kappa shape index (κ1) is 11.4. The molecule has 5 heteroatoms. The zero-order valence-electron chi connectivity index (χ0n) is 9.69. The average molecular weight is 235 g/mol. The van der Waals surface area contributed by atoms with Gasteiger partial charge in [0.1, 0.15) is 11.3 Å². The van der Waals surface area contributed by atoms with E-state index >= 15 is 0 Å². The number of carboxylic acids is 1. The Hall–Kier alpha value is -2.04. The van der Waals surface area contributed by atoms with Crippen molar-refractivity contribution in [2.24, 2.45) is 0 Å². The standard InChI is InChI=1S/C12H13NO4/c1-13-9-6-10(17-2)8(12(15)16)5-7(9)3-4-11(13)14/h5-6H,3-4H2,1-2H3,(H,15,16). The minimum atomic E-state index is -1.02. The molecule has 0 atom stereocenters. The largest absolute Gasteiger partial charge is 0.496 e. The van der Waals surface area contributed by atoms with Crippen LogP contribution in [0, 0.1) is 0 Å². The van der Waals surface area contributed by atoms with Gasteiger partial charge in [-0.2, -0.15) is 0 Å². The first-order valence-corrected chi connectivity index (χ1v) is 5.25. The average Bonchev–Trinajstić information content (AvgIpc) is 2.32. The van der Waals surface area contributed by atoms with Crippen LogP contribution in [0.1, 0.15) is 22.3 Å². The highest BCUT2D eigenvalue weighted by molar-refractivity contribution is 5.98. The number of fused-ring (bicyclic) bond motifs is 1. The Kier molecular flexibility index (Phi) is 2.75. The Morgan fingerprint density at radius 1 is 1.41 bits per heavy atom. The van der Waals surface area contributed by atoms with Crippen molar-refractivity contribution in [2.75, 3.05) is 19.1 Å². The fraction of sp³-hybridized carbons (Fsp3) is 0.333. The number of amides is 1. The number of hydrogen-bond donors (Lipinski definition) is 1. The van der Waals surface area contributed by atoms with E-state index in [9.17, 15) is 9.59 Å². The van der Waals surface area contributed by atoms with Gasteiger partial charge in [-0.15, -0.1) is 0 Å². The van der Waals surface area contributed by atoms with Crippen LogP contribution in [0.2, 0.25) is 0 Å². The van der Waals surface area contributed by atoms with Crippen molar-refractivity contribution >= 4 is 17.6 Å². The molecule has 0 aliphatic carbocycles. The summed E-state index contributed by atoms with van der Waals surface area (Å²) in [6.45, 7) is 0. The van der Waals surface area contributed by atoms with Crippen LogP contribution in [0.4, 0.5) is 5.69 Å². The number of aromatic carboxylic acids is 1. The Balaban J connectivity index is 2.58. The summed E-state index contributed by atoms with van der Waals surface area (Å²) in [4.78, 5) is 24.1. The number of ether oxygens (including phenoxy) is 1. The molecule has 0 saturated carbocycles. The minimum absolute atomic E-state index is 0.0302. The van der Waals surface area contributed by atoms with Gasteiger partial charge in [0.2, 0.25) is 5.91 Å². The molecular formula is C12H13NO4. The Morgan fingerprint density at radius 2 is 2.12 bits per heavy atom. The van der Waals surface area contributed by atoms with Crippen molar-refractivity contribution in [3.8, 4) is 5.75 Å². The molecule has 1 aliphatic heterocycles. The molecule has 0 aromatic heterocycles. The molecule has 1 aromatic rings. The van der Waals surface area contributed by atoms with Gasteiger partial charge in [-0.1, -0.05) is 0 Å². The van der Waals surface area contributed by atoms with Crippen LogP contribution in [0.15, 0.2) is 12.1 Å². The van der Waals surface area contributed by atoms with Gasteiger partial charge in [-0.25, -0.2) is 4.79 Å². The molecule has 0 saturated heterocycles. The lowest BCUT2D eigenvalue weighted by atomic mass is 9.98. The molecule has 0 spiro atoms. The molecule has 1 N–H and O–H groups in total. The zero-order chi connectivity index (χ0) is 12.6. The van der Waals surface area contributed by atoms with E-state index < -0.39 is 5.97 Å². The van der Waals surface area contributed by atoms with E-state index in [-0.39, 0.29) is 17.2 Å². The molecule has 90 valence electrons. The van der Waals surface area contributed by atoms with E-state index in [1.807, 2.05) is 0 Å². The Labute approximate surface area is 98.6 Å². The number of rotatable bonds is 2. The Bertz CT molecular complexity index is 496. The molecule has 0 unspecified atom stereocenters. The predicted molar refractivity (Wildman–Crippen MR) is 61.7 cm³/mol. The summed E-state index contributed by atoms with van der Waals surface area (Å²) in [6, 6.07) is 3.19. The van der Waals surface area contributed by atoms with Crippen LogP contribution in [0.5, 0.6) is 5.75 Å². The molecule has 1 aliphatic rings. The lowest BCUT2D eigenvalue weighted by Gasteiger charge is -2.26. The number of hydrogen-bond acceptors (Lipinski definition) is 3. The van der Waals surface area contributed by atoms with Gasteiger partial charge in [-0.05, 0) is 18.1 Å². The van der Waals surface area contributed by atoms with Gasteiger partial charge in [0, 0.05) is 19.5 Å². The monoisotopic (exact) mass is 235 g/mol. The predicted octanol–water partition coefficient (Wildman–Crippen LogP) is 1.30. The van der Waals surface area contributed by atoms with Gasteiger partial charge in [0.15, 0.2) is 0 Å². The second-order valence-electron chi connectivity index (χ2n) is 3.94. The number of carboxylic acid groups (broad SMARTS) is 1. The minimum Gasteiger partial charge on any atom is -0.496 e. The van der Waals surface area contributed by atoms with Gasteiger partial charge >= 0.3 is 5.97 Å². The molecule has 17 heavy (non-hydrogen) atoms. The molecule has 0 fully saturated rings. The molecule has 1 aromatic carbocycles. The van der Waals surface area contributed by atoms with Gasteiger partial charge < -0.3 is 14.7 Å². The fourth-order valence-corrected chi connectivity index (χ4v) is 2.01. The highest BCUT2D eigenvalue weighted by Gasteiger charge is 2.24. The van der Waals surface area contributed by atoms with Crippen molar-refractivity contribution in [1.82, 2.24) is 0 Å². The maximum atomic E-state index is 11.5. The quantitative estimate of drug-likeness (QED) is 0.839. The molecule has 0 radical (unpaired) electrons. The van der Waals surface area contributed by atoms with Crippen LogP contribution >= 0.6 is 0 Å². The summed E-state index contributed by atoms with van der Waals surface area (Å²) in [5.74, 6) is -0.718. The van der Waals surface area contributed by atoms with Gasteiger partial charge in [-0.3, -0.25) is 4.79 Å². The van der Waals surface area contributed by atoms with Crippen molar-refractivity contribution in [1.29, 1.82) is 0 Å². The molecule has 2 rings (SSSR count). The molecule has 5 nitrogen and oxygen atoms in total. The third kappa shape index (κ3) is 1.84. The van der Waals surface area contributed by atoms with Crippen molar-refractivity contribution in [3.63, 3.8) is 0 Å². The van der Waals surface area contributed by atoms with Crippen LogP contribution in [0.25, 0.3) is 0 Å². The SMILES string of the molecule is COc1cc2c(cc1C(=O)O)CCC(=O)N2C. The highest BCUT2D eigenvalue weighted by Crippen LogP contribution is 2.33. The second kappa shape index (κ2) is 4.08. The van der Waals surface area contributed by atoms with E-state index in [4.69, 9.17) is 9.84 Å². The second-order valence-corrected chi connectivity index (χ2v) is 3.94. The van der Waals surface area contributed by atoms with E-state index in [2.05, 4.69) is 0 Å². The number of nitrogens with zero attached hydrogens (tertiary/aromatic N) is 1. The normalized spacial score (nSPS) is 14.5. The van der Waals surface area contributed by atoms with E-state index in [1.54, 1.807) is 19.2 Å². The molecule has 1 amide bonds. The number of carbonyl (C=O) groups excluding carboxylic acids is 1. The Morgan fingerprint density at radius 3 is 2.71 bits per heavy atom. The van der Waals surface area contributed by atoms with Crippen molar-refractivity contribution < 1.29 is 19.4 Å². The topological polar surface area (TPSA) is 66.8 Å². The summed E-state index contributed by atoms with van der Waals surface area (Å²) >= 11 is 0. The third-order valence-corrected chi connectivity index (χ3v) is 2.97. The van der Waals surface area contributed by atoms with E-state index in [0.717, 1.165) is 11.3 Å². The first-order chi connectivity index (χ1) is 8.04. The van der Waals surface area contributed by atoms with Crippen LogP contribution in [-0.2, 0) is 11.2 Å². The lowest BCUT2D eigenvalue weighted by Crippen LogP contribution is -2.31. The van der Waals surface area contributed by atoms with Crippen molar-refractivity contribution in [2.45, 2.75) is 12.8 Å². The van der Waals surface area contributed by atoms with Gasteiger partial charge in [0.05, 0.1) is 12.8 Å². The summed E-state index contributed by atoms with van der Waals surface area (Å²) in [7, 11) is 3.10. The number of anilines is 1. The zero-order valence-corrected chi connectivity index (χ0v) is 9.69. The molecular weight excluding hydrogens is 222 g/mol. The smallest absolute Gasteiger partial charge is 0.339 e. The van der Waals surface area contributed by atoms with Crippen molar-refractivity contribution in [3.05, 3.63) is 23.3 Å². The van der Waals surface area contributed by atoms with Gasteiger partial charge in [0.25, 0.3) is 0 Å². The van der Waals surface area contributed by atoms with E-state index in [1.165, 1.54) is 12.0 Å². The maximum absolute atomic E-state index is 11.5. The number of benzene rings is 1. The summed E-state index contributed by atoms with van der Waals surface area (Å²) in [5, 5.41) is 9.06. The number of methoxy groups -OCH3 is 1. The summed E-state index contributed by atoms with van der Waals surface area (Å²) < 4.78 is 5.04. The number of carbonyl (C=O) groups is 2. The van der Waals surface area contributed by atoms with Crippen LogP contribution in [-0.4, -0.2) is 31.1 Å². The number of aryl methyl sites for hydroxylation is 1. The summed E-state index contributed by atoms with van der Waals surface area (Å²) in [6.07, 6.45) is 0.984. The summed E-state index contributed by atoms with van der Waals surface area (Å²) in [5.41, 5.74) is 1.72. The lowest BCUT2D eigenvalue weighted by molar-refractivity contribution is -0.118. The highest BCUT2D eigenvalue weighted by atomic mass is 16.5. The first-order valence-electron chi connectivity index (χ1n) is 5.25.